The Kier molecular flexibility index (Phi) is 7.14. The summed E-state index contributed by atoms with van der Waals surface area (Å²) in [4.78, 5) is 33.8. The fourth-order valence-electron chi connectivity index (χ4n) is 4.08. The predicted molar refractivity (Wildman–Crippen MR) is 149 cm³/mol. The molecule has 0 amide bonds. The van der Waals surface area contributed by atoms with E-state index in [4.69, 9.17) is 4.74 Å². The number of hydrogen-bond donors (Lipinski definition) is 3. The third-order valence-electron chi connectivity index (χ3n) is 5.77. The summed E-state index contributed by atoms with van der Waals surface area (Å²) in [6, 6.07) is 10.1. The van der Waals surface area contributed by atoms with E-state index in [9.17, 15) is 18.0 Å². The number of H-pyrrole nitrogens is 2. The SMILES string of the molecule is COc1c(/C=C/c2ccc(NS(C)(=O)=O)cc2-c2ncc[nH]2)cc(-n2ccc(=O)[nH]c2=O)cc1C(C)(C)C. The molecule has 0 spiro atoms. The lowest BCUT2D eigenvalue weighted by atomic mass is 9.84. The van der Waals surface area contributed by atoms with E-state index in [1.165, 1.54) is 16.8 Å². The first kappa shape index (κ1) is 26.7. The number of hydrogen-bond acceptors (Lipinski definition) is 6. The number of anilines is 1. The Morgan fingerprint density at radius 1 is 1.05 bits per heavy atom. The molecular formula is C27H29N5O5S. The van der Waals surface area contributed by atoms with Crippen molar-refractivity contribution in [2.75, 3.05) is 18.1 Å². The van der Waals surface area contributed by atoms with Gasteiger partial charge in [-0.3, -0.25) is 19.1 Å². The molecule has 2 aromatic carbocycles. The first-order valence-electron chi connectivity index (χ1n) is 11.7. The number of benzene rings is 2. The topological polar surface area (TPSA) is 139 Å². The zero-order chi connectivity index (χ0) is 27.7. The highest BCUT2D eigenvalue weighted by Gasteiger charge is 2.22. The van der Waals surface area contributed by atoms with Crippen molar-refractivity contribution in [1.29, 1.82) is 0 Å². The first-order chi connectivity index (χ1) is 17.9. The van der Waals surface area contributed by atoms with Gasteiger partial charge in [0.1, 0.15) is 11.6 Å². The fourth-order valence-corrected chi connectivity index (χ4v) is 4.64. The van der Waals surface area contributed by atoms with Crippen LogP contribution in [0.3, 0.4) is 0 Å². The minimum absolute atomic E-state index is 0.325. The van der Waals surface area contributed by atoms with Crippen LogP contribution in [0, 0.1) is 0 Å². The molecule has 38 heavy (non-hydrogen) atoms. The summed E-state index contributed by atoms with van der Waals surface area (Å²) < 4.78 is 33.2. The van der Waals surface area contributed by atoms with E-state index in [0.717, 1.165) is 17.4 Å². The van der Waals surface area contributed by atoms with Gasteiger partial charge in [-0.25, -0.2) is 18.2 Å². The number of aromatic amines is 2. The zero-order valence-electron chi connectivity index (χ0n) is 21.7. The van der Waals surface area contributed by atoms with E-state index in [1.807, 2.05) is 39.0 Å². The molecule has 4 rings (SSSR count). The van der Waals surface area contributed by atoms with E-state index in [-0.39, 0.29) is 5.41 Å². The second kappa shape index (κ2) is 10.2. The second-order valence-corrected chi connectivity index (χ2v) is 11.5. The van der Waals surface area contributed by atoms with Crippen molar-refractivity contribution in [1.82, 2.24) is 19.5 Å². The number of nitrogens with zero attached hydrogens (tertiary/aromatic N) is 2. The van der Waals surface area contributed by atoms with Crippen LogP contribution in [0.4, 0.5) is 5.69 Å². The van der Waals surface area contributed by atoms with E-state index in [1.54, 1.807) is 43.8 Å². The minimum atomic E-state index is -3.46. The molecule has 0 aliphatic rings. The summed E-state index contributed by atoms with van der Waals surface area (Å²) in [5.74, 6) is 1.21. The van der Waals surface area contributed by atoms with Crippen LogP contribution in [0.5, 0.6) is 5.75 Å². The molecule has 2 aromatic heterocycles. The lowest BCUT2D eigenvalue weighted by Crippen LogP contribution is -2.28. The van der Waals surface area contributed by atoms with Gasteiger partial charge in [0.05, 0.1) is 19.1 Å². The van der Waals surface area contributed by atoms with Gasteiger partial charge in [0, 0.05) is 47.0 Å². The molecule has 0 bridgehead atoms. The molecule has 4 aromatic rings. The molecule has 0 atom stereocenters. The average Bonchev–Trinajstić information content (AvgIpc) is 3.36. The highest BCUT2D eigenvalue weighted by molar-refractivity contribution is 7.92. The van der Waals surface area contributed by atoms with Gasteiger partial charge in [-0.05, 0) is 35.2 Å². The Hall–Kier alpha value is -4.38. The molecule has 2 heterocycles. The summed E-state index contributed by atoms with van der Waals surface area (Å²) >= 11 is 0. The number of methoxy groups -OCH3 is 1. The quantitative estimate of drug-likeness (QED) is 0.308. The molecule has 11 heteroatoms. The summed E-state index contributed by atoms with van der Waals surface area (Å²) in [7, 11) is -1.87. The lowest BCUT2D eigenvalue weighted by Gasteiger charge is -2.25. The molecule has 0 aliphatic heterocycles. The standard InChI is InChI=1S/C27H29N5O5S/c1-27(2,3)22-16-20(32-13-10-23(33)30-26(32)34)14-18(24(22)37-4)7-6-17-8-9-19(31-38(5,35)36)15-21(17)25-28-11-12-29-25/h6-16,31H,1-5H3,(H,28,29)(H,30,33,34)/b7-6+. The van der Waals surface area contributed by atoms with Crippen molar-refractivity contribution in [3.8, 4) is 22.8 Å². The third kappa shape index (κ3) is 5.94. The van der Waals surface area contributed by atoms with Crippen LogP contribution in [0.2, 0.25) is 0 Å². The van der Waals surface area contributed by atoms with Gasteiger partial charge in [-0.15, -0.1) is 0 Å². The largest absolute Gasteiger partial charge is 0.496 e. The van der Waals surface area contributed by atoms with Gasteiger partial charge >= 0.3 is 5.69 Å². The van der Waals surface area contributed by atoms with Gasteiger partial charge in [0.25, 0.3) is 5.56 Å². The summed E-state index contributed by atoms with van der Waals surface area (Å²) in [5.41, 5.74) is 2.65. The smallest absolute Gasteiger partial charge is 0.332 e. The molecule has 3 N–H and O–H groups in total. The Morgan fingerprint density at radius 3 is 2.39 bits per heavy atom. The van der Waals surface area contributed by atoms with Crippen molar-refractivity contribution in [2.45, 2.75) is 26.2 Å². The number of ether oxygens (including phenoxy) is 1. The number of rotatable bonds is 7. The van der Waals surface area contributed by atoms with Crippen molar-refractivity contribution >= 4 is 27.9 Å². The molecule has 0 fully saturated rings. The van der Waals surface area contributed by atoms with Gasteiger partial charge < -0.3 is 9.72 Å². The van der Waals surface area contributed by atoms with Gasteiger partial charge in [0.2, 0.25) is 10.0 Å². The highest BCUT2D eigenvalue weighted by atomic mass is 32.2. The van der Waals surface area contributed by atoms with E-state index < -0.39 is 21.3 Å². The van der Waals surface area contributed by atoms with E-state index in [2.05, 4.69) is 19.7 Å². The maximum absolute atomic E-state index is 12.6. The van der Waals surface area contributed by atoms with Gasteiger partial charge in [-0.1, -0.05) is 39.0 Å². The normalized spacial score (nSPS) is 12.1. The van der Waals surface area contributed by atoms with E-state index in [0.29, 0.717) is 34.1 Å². The minimum Gasteiger partial charge on any atom is -0.496 e. The molecule has 0 aliphatic carbocycles. The van der Waals surface area contributed by atoms with Gasteiger partial charge in [0.15, 0.2) is 0 Å². The third-order valence-corrected chi connectivity index (χ3v) is 6.38. The van der Waals surface area contributed by atoms with Crippen molar-refractivity contribution in [2.24, 2.45) is 0 Å². The highest BCUT2D eigenvalue weighted by Crippen LogP contribution is 2.37. The summed E-state index contributed by atoms with van der Waals surface area (Å²) in [6.07, 6.45) is 9.55. The molecule has 0 radical (unpaired) electrons. The van der Waals surface area contributed by atoms with Gasteiger partial charge in [-0.2, -0.15) is 0 Å². The average molecular weight is 536 g/mol. The number of nitrogens with one attached hydrogen (secondary N) is 3. The fraction of sp³-hybridized carbons (Fsp3) is 0.222. The Bertz CT molecular complexity index is 1730. The van der Waals surface area contributed by atoms with Crippen LogP contribution in [0.1, 0.15) is 37.5 Å². The van der Waals surface area contributed by atoms with Crippen LogP contribution >= 0.6 is 0 Å². The molecular weight excluding hydrogens is 506 g/mol. The predicted octanol–water partition coefficient (Wildman–Crippen LogP) is 3.76. The molecule has 10 nitrogen and oxygen atoms in total. The summed E-state index contributed by atoms with van der Waals surface area (Å²) in [5, 5.41) is 0. The van der Waals surface area contributed by atoms with Crippen molar-refractivity contribution in [3.63, 3.8) is 0 Å². The molecule has 0 saturated carbocycles. The first-order valence-corrected chi connectivity index (χ1v) is 13.6. The Morgan fingerprint density at radius 2 is 1.79 bits per heavy atom. The van der Waals surface area contributed by atoms with Crippen LogP contribution in [0.15, 0.2) is 64.6 Å². The molecule has 0 saturated heterocycles. The number of sulfonamides is 1. The lowest BCUT2D eigenvalue weighted by molar-refractivity contribution is 0.396. The Balaban J connectivity index is 1.89. The van der Waals surface area contributed by atoms with E-state index >= 15 is 0 Å². The second-order valence-electron chi connectivity index (χ2n) is 9.79. The van der Waals surface area contributed by atoms with Crippen LogP contribution in [-0.4, -0.2) is 41.3 Å². The zero-order valence-corrected chi connectivity index (χ0v) is 22.5. The molecule has 0 unspecified atom stereocenters. The van der Waals surface area contributed by atoms with Crippen LogP contribution < -0.4 is 20.7 Å². The maximum Gasteiger partial charge on any atom is 0.332 e. The maximum atomic E-state index is 12.6. The van der Waals surface area contributed by atoms with Crippen molar-refractivity contribution < 1.29 is 13.2 Å². The molecule has 198 valence electrons. The monoisotopic (exact) mass is 535 g/mol. The Labute approximate surface area is 220 Å². The number of aromatic nitrogens is 4. The van der Waals surface area contributed by atoms with Crippen LogP contribution in [-0.2, 0) is 15.4 Å². The summed E-state index contributed by atoms with van der Waals surface area (Å²) in [6.45, 7) is 6.13. The van der Waals surface area contributed by atoms with Crippen molar-refractivity contribution in [3.05, 3.63) is 92.5 Å². The number of imidazole rings is 1. The van der Waals surface area contributed by atoms with Crippen LogP contribution in [0.25, 0.3) is 29.2 Å².